The fourth-order valence-electron chi connectivity index (χ4n) is 2.29. The van der Waals surface area contributed by atoms with Gasteiger partial charge in [0, 0.05) is 20.3 Å². The molecule has 122 valence electrons. The van der Waals surface area contributed by atoms with Gasteiger partial charge in [0.15, 0.2) is 0 Å². The molecule has 0 aliphatic rings. The topological polar surface area (TPSA) is 67.4 Å². The van der Waals surface area contributed by atoms with Crippen LogP contribution in [0.5, 0.6) is 0 Å². The second-order valence-corrected chi connectivity index (χ2v) is 5.59. The fourth-order valence-corrected chi connectivity index (χ4v) is 2.29. The molecule has 0 fully saturated rings. The van der Waals surface area contributed by atoms with Gasteiger partial charge in [0.2, 0.25) is 0 Å². The van der Waals surface area contributed by atoms with Gasteiger partial charge < -0.3 is 15.4 Å². The lowest BCUT2D eigenvalue weighted by Crippen LogP contribution is -2.41. The molecule has 1 atom stereocenters. The van der Waals surface area contributed by atoms with Gasteiger partial charge in [-0.15, -0.1) is 0 Å². The summed E-state index contributed by atoms with van der Waals surface area (Å²) in [5.41, 5.74) is 4.53. The van der Waals surface area contributed by atoms with Gasteiger partial charge in [0.1, 0.15) is 0 Å². The second-order valence-electron chi connectivity index (χ2n) is 5.59. The van der Waals surface area contributed by atoms with Crippen molar-refractivity contribution in [3.63, 3.8) is 0 Å². The van der Waals surface area contributed by atoms with Gasteiger partial charge in [-0.25, -0.2) is 0 Å². The van der Waals surface area contributed by atoms with Crippen LogP contribution in [0.25, 0.3) is 0 Å². The number of benzene rings is 1. The minimum atomic E-state index is -0.609. The predicted octanol–water partition coefficient (Wildman–Crippen LogP) is 1.94. The van der Waals surface area contributed by atoms with Crippen LogP contribution in [-0.4, -0.2) is 32.1 Å². The molecular formula is C17H26N2O3. The zero-order chi connectivity index (χ0) is 16.7. The van der Waals surface area contributed by atoms with Crippen LogP contribution in [0.3, 0.4) is 0 Å². The van der Waals surface area contributed by atoms with E-state index in [2.05, 4.69) is 29.7 Å². The van der Waals surface area contributed by atoms with E-state index in [1.807, 2.05) is 20.8 Å². The standard InChI is InChI=1S/C17H26N2O3/c1-11-9-13(3)15(10-12(11)2)14(4)19-17(21)16(20)18-7-6-8-22-5/h9-10,14H,6-8H2,1-5H3,(H,18,20)(H,19,21). The second kappa shape index (κ2) is 8.54. The average Bonchev–Trinajstić information content (AvgIpc) is 2.46. The summed E-state index contributed by atoms with van der Waals surface area (Å²) >= 11 is 0. The maximum absolute atomic E-state index is 11.9. The molecule has 2 amide bonds. The van der Waals surface area contributed by atoms with Crippen molar-refractivity contribution in [2.24, 2.45) is 0 Å². The fraction of sp³-hybridized carbons (Fsp3) is 0.529. The Morgan fingerprint density at radius 2 is 1.73 bits per heavy atom. The third kappa shape index (κ3) is 5.15. The molecule has 0 heterocycles. The number of hydrogen-bond acceptors (Lipinski definition) is 3. The highest BCUT2D eigenvalue weighted by molar-refractivity contribution is 6.35. The minimum absolute atomic E-state index is 0.212. The van der Waals surface area contributed by atoms with Crippen LogP contribution in [0.2, 0.25) is 0 Å². The summed E-state index contributed by atoms with van der Waals surface area (Å²) in [6.07, 6.45) is 0.682. The molecule has 0 aromatic heterocycles. The molecule has 2 N–H and O–H groups in total. The first kappa shape index (κ1) is 18.2. The van der Waals surface area contributed by atoms with Crippen molar-refractivity contribution >= 4 is 11.8 Å². The summed E-state index contributed by atoms with van der Waals surface area (Å²) < 4.78 is 4.89. The summed E-state index contributed by atoms with van der Waals surface area (Å²) in [6.45, 7) is 8.97. The summed E-state index contributed by atoms with van der Waals surface area (Å²) in [7, 11) is 1.60. The molecule has 0 saturated carbocycles. The van der Waals surface area contributed by atoms with E-state index < -0.39 is 11.8 Å². The Labute approximate surface area is 132 Å². The van der Waals surface area contributed by atoms with Crippen molar-refractivity contribution in [3.8, 4) is 0 Å². The zero-order valence-corrected chi connectivity index (χ0v) is 14.1. The smallest absolute Gasteiger partial charge is 0.309 e. The Morgan fingerprint density at radius 3 is 2.36 bits per heavy atom. The summed E-state index contributed by atoms with van der Waals surface area (Å²) in [5, 5.41) is 5.32. The molecule has 1 aromatic carbocycles. The van der Waals surface area contributed by atoms with Gasteiger partial charge in [-0.3, -0.25) is 9.59 Å². The Bertz CT molecular complexity index is 541. The van der Waals surface area contributed by atoms with Crippen LogP contribution >= 0.6 is 0 Å². The highest BCUT2D eigenvalue weighted by Crippen LogP contribution is 2.21. The molecule has 0 saturated heterocycles. The number of aryl methyl sites for hydroxylation is 3. The van der Waals surface area contributed by atoms with Gasteiger partial charge in [-0.2, -0.15) is 0 Å². The SMILES string of the molecule is COCCCNC(=O)C(=O)NC(C)c1cc(C)c(C)cc1C. The maximum Gasteiger partial charge on any atom is 0.309 e. The van der Waals surface area contributed by atoms with E-state index in [-0.39, 0.29) is 6.04 Å². The van der Waals surface area contributed by atoms with E-state index in [0.29, 0.717) is 19.6 Å². The van der Waals surface area contributed by atoms with Crippen LogP contribution in [0, 0.1) is 20.8 Å². The number of nitrogens with one attached hydrogen (secondary N) is 2. The number of amides is 2. The van der Waals surface area contributed by atoms with Crippen molar-refractivity contribution in [1.29, 1.82) is 0 Å². The molecule has 0 radical (unpaired) electrons. The van der Waals surface area contributed by atoms with E-state index in [4.69, 9.17) is 4.74 Å². The highest BCUT2D eigenvalue weighted by atomic mass is 16.5. The van der Waals surface area contributed by atoms with Crippen molar-refractivity contribution < 1.29 is 14.3 Å². The third-order valence-electron chi connectivity index (χ3n) is 3.71. The van der Waals surface area contributed by atoms with Crippen molar-refractivity contribution in [3.05, 3.63) is 34.4 Å². The van der Waals surface area contributed by atoms with Gasteiger partial charge in [0.25, 0.3) is 0 Å². The molecule has 1 unspecified atom stereocenters. The molecule has 0 spiro atoms. The first-order valence-corrected chi connectivity index (χ1v) is 7.52. The van der Waals surface area contributed by atoms with Gasteiger partial charge >= 0.3 is 11.8 Å². The number of carbonyl (C=O) groups is 2. The summed E-state index contributed by atoms with van der Waals surface area (Å²) in [6, 6.07) is 3.95. The Hall–Kier alpha value is -1.88. The van der Waals surface area contributed by atoms with E-state index in [0.717, 1.165) is 11.1 Å². The van der Waals surface area contributed by atoms with Gasteiger partial charge in [0.05, 0.1) is 6.04 Å². The summed E-state index contributed by atoms with van der Waals surface area (Å²) in [4.78, 5) is 23.6. The monoisotopic (exact) mass is 306 g/mol. The Morgan fingerprint density at radius 1 is 1.09 bits per heavy atom. The Balaban J connectivity index is 2.60. The lowest BCUT2D eigenvalue weighted by Gasteiger charge is -2.18. The van der Waals surface area contributed by atoms with E-state index in [1.165, 1.54) is 11.1 Å². The third-order valence-corrected chi connectivity index (χ3v) is 3.71. The molecule has 0 bridgehead atoms. The number of carbonyl (C=O) groups excluding carboxylic acids is 2. The van der Waals surface area contributed by atoms with Crippen LogP contribution < -0.4 is 10.6 Å². The average molecular weight is 306 g/mol. The van der Waals surface area contributed by atoms with Crippen LogP contribution in [0.4, 0.5) is 0 Å². The molecule has 1 aromatic rings. The number of ether oxygens (including phenoxy) is 1. The lowest BCUT2D eigenvalue weighted by atomic mass is 9.96. The van der Waals surface area contributed by atoms with E-state index in [9.17, 15) is 9.59 Å². The zero-order valence-electron chi connectivity index (χ0n) is 14.1. The van der Waals surface area contributed by atoms with Crippen LogP contribution in [0.15, 0.2) is 12.1 Å². The van der Waals surface area contributed by atoms with Crippen molar-refractivity contribution in [1.82, 2.24) is 10.6 Å². The molecule has 0 aliphatic carbocycles. The first-order chi connectivity index (χ1) is 10.4. The number of rotatable bonds is 6. The van der Waals surface area contributed by atoms with Crippen LogP contribution in [0.1, 0.15) is 41.6 Å². The lowest BCUT2D eigenvalue weighted by molar-refractivity contribution is -0.139. The molecular weight excluding hydrogens is 280 g/mol. The first-order valence-electron chi connectivity index (χ1n) is 7.52. The molecule has 1 rings (SSSR count). The van der Waals surface area contributed by atoms with Gasteiger partial charge in [-0.05, 0) is 56.4 Å². The number of methoxy groups -OCH3 is 1. The molecule has 5 nitrogen and oxygen atoms in total. The molecule has 5 heteroatoms. The number of hydrogen-bond donors (Lipinski definition) is 2. The molecule has 22 heavy (non-hydrogen) atoms. The predicted molar refractivity (Wildman–Crippen MR) is 86.7 cm³/mol. The van der Waals surface area contributed by atoms with Gasteiger partial charge in [-0.1, -0.05) is 12.1 Å². The van der Waals surface area contributed by atoms with Crippen molar-refractivity contribution in [2.45, 2.75) is 40.2 Å². The normalized spacial score (nSPS) is 11.9. The highest BCUT2D eigenvalue weighted by Gasteiger charge is 2.18. The van der Waals surface area contributed by atoms with Crippen LogP contribution in [-0.2, 0) is 14.3 Å². The largest absolute Gasteiger partial charge is 0.385 e. The maximum atomic E-state index is 11.9. The minimum Gasteiger partial charge on any atom is -0.385 e. The van der Waals surface area contributed by atoms with E-state index in [1.54, 1.807) is 7.11 Å². The van der Waals surface area contributed by atoms with E-state index >= 15 is 0 Å². The molecule has 0 aliphatic heterocycles. The quantitative estimate of drug-likeness (QED) is 0.623. The summed E-state index contributed by atoms with van der Waals surface area (Å²) in [5.74, 6) is -1.22. The van der Waals surface area contributed by atoms with Crippen molar-refractivity contribution in [2.75, 3.05) is 20.3 Å². The Kier molecular flexibility index (Phi) is 7.05.